The topological polar surface area (TPSA) is 63.6 Å². The Balaban J connectivity index is 0.000000367. The molecule has 0 radical (unpaired) electrons. The quantitative estimate of drug-likeness (QED) is 0.607. The van der Waals surface area contributed by atoms with Gasteiger partial charge in [-0.25, -0.2) is 4.79 Å². The molecular weight excluding hydrogens is 256 g/mol. The van der Waals surface area contributed by atoms with Crippen LogP contribution in [0, 0.1) is 0 Å². The molecule has 0 heterocycles. The highest BCUT2D eigenvalue weighted by Crippen LogP contribution is 2.03. The Morgan fingerprint density at radius 3 is 2.15 bits per heavy atom. The molecule has 1 aromatic carbocycles. The van der Waals surface area contributed by atoms with Gasteiger partial charge in [-0.05, 0) is 25.5 Å². The molecule has 0 aliphatic rings. The highest BCUT2D eigenvalue weighted by atomic mass is 16.5. The number of carbonyl (C=O) groups is 2. The van der Waals surface area contributed by atoms with E-state index in [9.17, 15) is 9.59 Å². The number of esters is 1. The molecule has 0 saturated heterocycles. The lowest BCUT2D eigenvalue weighted by molar-refractivity contribution is -0.143. The van der Waals surface area contributed by atoms with Crippen LogP contribution in [0.3, 0.4) is 0 Å². The fourth-order valence-electron chi connectivity index (χ4n) is 1.51. The summed E-state index contributed by atoms with van der Waals surface area (Å²) < 4.78 is 4.78. The number of hydrogen-bond acceptors (Lipinski definition) is 3. The second-order valence-corrected chi connectivity index (χ2v) is 4.29. The number of aromatic carboxylic acids is 1. The van der Waals surface area contributed by atoms with Crippen molar-refractivity contribution < 1.29 is 19.4 Å². The molecular formula is C16H24O4. The largest absolute Gasteiger partial charge is 0.478 e. The van der Waals surface area contributed by atoms with Gasteiger partial charge in [0.15, 0.2) is 0 Å². The van der Waals surface area contributed by atoms with E-state index < -0.39 is 5.97 Å². The standard InChI is InChI=1S/C9H18O2.C7H6O2/c1-3-5-6-7-8-9(10)11-4-2;8-7(9)6-4-2-1-3-5-6/h3-8H2,1-2H3;1-5H,(H,8,9). The van der Waals surface area contributed by atoms with Gasteiger partial charge in [0.1, 0.15) is 0 Å². The molecule has 0 atom stereocenters. The molecule has 4 nitrogen and oxygen atoms in total. The van der Waals surface area contributed by atoms with Crippen LogP contribution >= 0.6 is 0 Å². The Hall–Kier alpha value is -1.84. The third-order valence-corrected chi connectivity index (χ3v) is 2.56. The molecule has 112 valence electrons. The average Bonchev–Trinajstić information content (AvgIpc) is 2.45. The van der Waals surface area contributed by atoms with Crippen molar-refractivity contribution in [1.29, 1.82) is 0 Å². The van der Waals surface area contributed by atoms with E-state index in [1.807, 2.05) is 6.92 Å². The lowest BCUT2D eigenvalue weighted by atomic mass is 10.2. The number of unbranched alkanes of at least 4 members (excludes halogenated alkanes) is 3. The number of benzene rings is 1. The van der Waals surface area contributed by atoms with Gasteiger partial charge < -0.3 is 9.84 Å². The van der Waals surface area contributed by atoms with Gasteiger partial charge >= 0.3 is 11.9 Å². The van der Waals surface area contributed by atoms with Crippen LogP contribution in [-0.2, 0) is 9.53 Å². The molecule has 0 aromatic heterocycles. The number of carboxylic acids is 1. The molecule has 0 unspecified atom stereocenters. The zero-order chi connectivity index (χ0) is 15.2. The summed E-state index contributed by atoms with van der Waals surface area (Å²) >= 11 is 0. The van der Waals surface area contributed by atoms with Crippen LogP contribution in [0.5, 0.6) is 0 Å². The first-order valence-corrected chi connectivity index (χ1v) is 7.05. The summed E-state index contributed by atoms with van der Waals surface area (Å²) in [6.07, 6.45) is 5.15. The lowest BCUT2D eigenvalue weighted by Gasteiger charge is -2.00. The van der Waals surface area contributed by atoms with Crippen molar-refractivity contribution in [3.05, 3.63) is 35.9 Å². The third-order valence-electron chi connectivity index (χ3n) is 2.56. The van der Waals surface area contributed by atoms with Crippen molar-refractivity contribution in [1.82, 2.24) is 0 Å². The fraction of sp³-hybridized carbons (Fsp3) is 0.500. The monoisotopic (exact) mass is 280 g/mol. The average molecular weight is 280 g/mol. The van der Waals surface area contributed by atoms with Crippen LogP contribution in [0.4, 0.5) is 0 Å². The summed E-state index contributed by atoms with van der Waals surface area (Å²) in [4.78, 5) is 21.0. The van der Waals surface area contributed by atoms with Gasteiger partial charge in [-0.3, -0.25) is 4.79 Å². The molecule has 0 bridgehead atoms. The van der Waals surface area contributed by atoms with Crippen molar-refractivity contribution in [2.24, 2.45) is 0 Å². The van der Waals surface area contributed by atoms with Crippen molar-refractivity contribution in [2.75, 3.05) is 6.61 Å². The van der Waals surface area contributed by atoms with E-state index in [1.165, 1.54) is 12.8 Å². The Kier molecular flexibility index (Phi) is 11.1. The molecule has 0 aliphatic heterocycles. The van der Waals surface area contributed by atoms with Gasteiger partial charge in [0.05, 0.1) is 12.2 Å². The Bertz CT molecular complexity index is 373. The van der Waals surface area contributed by atoms with Gasteiger partial charge in [-0.2, -0.15) is 0 Å². The zero-order valence-corrected chi connectivity index (χ0v) is 12.3. The predicted molar refractivity (Wildman–Crippen MR) is 78.8 cm³/mol. The van der Waals surface area contributed by atoms with Crippen LogP contribution in [0.25, 0.3) is 0 Å². The van der Waals surface area contributed by atoms with E-state index in [-0.39, 0.29) is 5.97 Å². The Morgan fingerprint density at radius 2 is 1.70 bits per heavy atom. The maximum Gasteiger partial charge on any atom is 0.335 e. The van der Waals surface area contributed by atoms with E-state index in [1.54, 1.807) is 30.3 Å². The van der Waals surface area contributed by atoms with Gasteiger partial charge in [-0.15, -0.1) is 0 Å². The minimum atomic E-state index is -0.879. The highest BCUT2D eigenvalue weighted by Gasteiger charge is 1.99. The Labute approximate surface area is 120 Å². The van der Waals surface area contributed by atoms with Gasteiger partial charge in [0.25, 0.3) is 0 Å². The summed E-state index contributed by atoms with van der Waals surface area (Å²) in [5.74, 6) is -0.931. The second kappa shape index (κ2) is 12.2. The molecule has 4 heteroatoms. The molecule has 0 fully saturated rings. The van der Waals surface area contributed by atoms with Gasteiger partial charge in [0, 0.05) is 6.42 Å². The molecule has 0 aliphatic carbocycles. The molecule has 0 spiro atoms. The number of ether oxygens (including phenoxy) is 1. The van der Waals surface area contributed by atoms with E-state index in [0.717, 1.165) is 12.8 Å². The second-order valence-electron chi connectivity index (χ2n) is 4.29. The molecule has 0 saturated carbocycles. The number of rotatable bonds is 7. The SMILES string of the molecule is CCCCCCC(=O)OCC.O=C(O)c1ccccc1. The zero-order valence-electron chi connectivity index (χ0n) is 12.3. The first kappa shape index (κ1) is 18.2. The molecule has 20 heavy (non-hydrogen) atoms. The summed E-state index contributed by atoms with van der Waals surface area (Å²) in [5.41, 5.74) is 0.331. The molecule has 1 aromatic rings. The number of hydrogen-bond donors (Lipinski definition) is 1. The van der Waals surface area contributed by atoms with E-state index in [2.05, 4.69) is 6.92 Å². The third kappa shape index (κ3) is 10.1. The van der Waals surface area contributed by atoms with Crippen LogP contribution in [-0.4, -0.2) is 23.7 Å². The van der Waals surface area contributed by atoms with Crippen molar-refractivity contribution in [3.8, 4) is 0 Å². The number of carbonyl (C=O) groups excluding carboxylic acids is 1. The summed E-state index contributed by atoms with van der Waals surface area (Å²) in [6, 6.07) is 8.30. The van der Waals surface area contributed by atoms with Crippen molar-refractivity contribution in [3.63, 3.8) is 0 Å². The summed E-state index contributed by atoms with van der Waals surface area (Å²) in [5, 5.41) is 8.38. The van der Waals surface area contributed by atoms with Gasteiger partial charge in [-0.1, -0.05) is 44.4 Å². The van der Waals surface area contributed by atoms with Gasteiger partial charge in [0.2, 0.25) is 0 Å². The molecule has 0 amide bonds. The van der Waals surface area contributed by atoms with E-state index in [4.69, 9.17) is 9.84 Å². The van der Waals surface area contributed by atoms with Crippen molar-refractivity contribution in [2.45, 2.75) is 46.0 Å². The summed E-state index contributed by atoms with van der Waals surface area (Å²) in [6.45, 7) is 4.50. The minimum absolute atomic E-state index is 0.0522. The van der Waals surface area contributed by atoms with Crippen LogP contribution < -0.4 is 0 Å². The maximum atomic E-state index is 10.8. The Morgan fingerprint density at radius 1 is 1.05 bits per heavy atom. The lowest BCUT2D eigenvalue weighted by Crippen LogP contribution is -2.02. The van der Waals surface area contributed by atoms with Crippen LogP contribution in [0.2, 0.25) is 0 Å². The fourth-order valence-corrected chi connectivity index (χ4v) is 1.51. The normalized spacial score (nSPS) is 9.30. The maximum absolute atomic E-state index is 10.8. The van der Waals surface area contributed by atoms with Crippen molar-refractivity contribution >= 4 is 11.9 Å². The highest BCUT2D eigenvalue weighted by molar-refractivity contribution is 5.87. The van der Waals surface area contributed by atoms with Crippen LogP contribution in [0.15, 0.2) is 30.3 Å². The van der Waals surface area contributed by atoms with E-state index in [0.29, 0.717) is 18.6 Å². The molecule has 1 N–H and O–H groups in total. The first-order valence-electron chi connectivity index (χ1n) is 7.05. The smallest absolute Gasteiger partial charge is 0.335 e. The first-order chi connectivity index (χ1) is 9.61. The van der Waals surface area contributed by atoms with E-state index >= 15 is 0 Å². The molecule has 1 rings (SSSR count). The summed E-state index contributed by atoms with van der Waals surface area (Å²) in [7, 11) is 0. The predicted octanol–water partition coefficient (Wildman–Crippen LogP) is 3.90. The number of carboxylic acid groups (broad SMARTS) is 1. The minimum Gasteiger partial charge on any atom is -0.478 e. The van der Waals surface area contributed by atoms with Crippen LogP contribution in [0.1, 0.15) is 56.3 Å².